The zero-order valence-electron chi connectivity index (χ0n) is 12.3. The van der Waals surface area contributed by atoms with Crippen LogP contribution in [0, 0.1) is 5.92 Å². The Kier molecular flexibility index (Phi) is 5.34. The fourth-order valence-electron chi connectivity index (χ4n) is 2.73. The summed E-state index contributed by atoms with van der Waals surface area (Å²) in [5, 5.41) is 7.03. The summed E-state index contributed by atoms with van der Waals surface area (Å²) in [5.41, 5.74) is 1.28. The predicted octanol–water partition coefficient (Wildman–Crippen LogP) is 2.34. The van der Waals surface area contributed by atoms with Gasteiger partial charge in [-0.15, -0.1) is 0 Å². The van der Waals surface area contributed by atoms with Gasteiger partial charge in [0.15, 0.2) is 0 Å². The first kappa shape index (κ1) is 14.5. The molecule has 0 atom stereocenters. The summed E-state index contributed by atoms with van der Waals surface area (Å²) >= 11 is 0. The van der Waals surface area contributed by atoms with Crippen molar-refractivity contribution in [2.45, 2.75) is 38.5 Å². The standard InChI is InChI=1S/C16H27N3/c1-16(2,15-5-3-4-9-19-15)13-18-12-8-14-6-10-17-11-7-14/h3-5,9,14,17-18H,6-8,10-13H2,1-2H3. The fourth-order valence-corrected chi connectivity index (χ4v) is 2.73. The lowest BCUT2D eigenvalue weighted by Crippen LogP contribution is -2.35. The van der Waals surface area contributed by atoms with Gasteiger partial charge in [-0.3, -0.25) is 4.98 Å². The molecular weight excluding hydrogens is 234 g/mol. The van der Waals surface area contributed by atoms with Gasteiger partial charge in [0.05, 0.1) is 0 Å². The van der Waals surface area contributed by atoms with Crippen molar-refractivity contribution >= 4 is 0 Å². The molecule has 1 aliphatic rings. The summed E-state index contributed by atoms with van der Waals surface area (Å²) in [7, 11) is 0. The minimum absolute atomic E-state index is 0.107. The van der Waals surface area contributed by atoms with Gasteiger partial charge in [0.25, 0.3) is 0 Å². The molecule has 106 valence electrons. The minimum atomic E-state index is 0.107. The van der Waals surface area contributed by atoms with Crippen molar-refractivity contribution in [1.29, 1.82) is 0 Å². The highest BCUT2D eigenvalue weighted by molar-refractivity contribution is 5.14. The van der Waals surface area contributed by atoms with E-state index in [0.29, 0.717) is 0 Å². The molecule has 0 unspecified atom stereocenters. The van der Waals surface area contributed by atoms with E-state index in [2.05, 4.69) is 41.6 Å². The fraction of sp³-hybridized carbons (Fsp3) is 0.688. The maximum Gasteiger partial charge on any atom is 0.0472 e. The molecule has 0 radical (unpaired) electrons. The predicted molar refractivity (Wildman–Crippen MR) is 80.3 cm³/mol. The van der Waals surface area contributed by atoms with E-state index in [0.717, 1.165) is 19.0 Å². The van der Waals surface area contributed by atoms with Crippen LogP contribution in [0.3, 0.4) is 0 Å². The van der Waals surface area contributed by atoms with Crippen LogP contribution in [0.2, 0.25) is 0 Å². The van der Waals surface area contributed by atoms with Gasteiger partial charge < -0.3 is 10.6 Å². The van der Waals surface area contributed by atoms with E-state index in [1.54, 1.807) is 0 Å². The number of hydrogen-bond acceptors (Lipinski definition) is 3. The molecule has 0 amide bonds. The van der Waals surface area contributed by atoms with Crippen LogP contribution in [-0.4, -0.2) is 31.2 Å². The second-order valence-corrected chi connectivity index (χ2v) is 6.26. The van der Waals surface area contributed by atoms with Crippen LogP contribution < -0.4 is 10.6 Å². The van der Waals surface area contributed by atoms with Crippen LogP contribution in [0.25, 0.3) is 0 Å². The Bertz CT molecular complexity index is 356. The van der Waals surface area contributed by atoms with Crippen LogP contribution in [0.15, 0.2) is 24.4 Å². The summed E-state index contributed by atoms with van der Waals surface area (Å²) in [6.07, 6.45) is 5.86. The summed E-state index contributed by atoms with van der Waals surface area (Å²) < 4.78 is 0. The van der Waals surface area contributed by atoms with E-state index >= 15 is 0 Å². The van der Waals surface area contributed by atoms with E-state index in [1.165, 1.54) is 38.0 Å². The maximum absolute atomic E-state index is 4.47. The first-order valence-electron chi connectivity index (χ1n) is 7.51. The Labute approximate surface area is 117 Å². The normalized spacial score (nSPS) is 17.6. The van der Waals surface area contributed by atoms with Crippen LogP contribution in [0.4, 0.5) is 0 Å². The van der Waals surface area contributed by atoms with Gasteiger partial charge in [0.1, 0.15) is 0 Å². The lowest BCUT2D eigenvalue weighted by atomic mass is 9.88. The zero-order valence-corrected chi connectivity index (χ0v) is 12.3. The highest BCUT2D eigenvalue weighted by atomic mass is 14.9. The van der Waals surface area contributed by atoms with Crippen molar-refractivity contribution in [2.24, 2.45) is 5.92 Å². The summed E-state index contributed by atoms with van der Waals surface area (Å²) in [6.45, 7) is 9.03. The van der Waals surface area contributed by atoms with Crippen LogP contribution >= 0.6 is 0 Å². The lowest BCUT2D eigenvalue weighted by Gasteiger charge is -2.26. The van der Waals surface area contributed by atoms with Gasteiger partial charge in [-0.25, -0.2) is 0 Å². The molecule has 2 heterocycles. The van der Waals surface area contributed by atoms with Gasteiger partial charge in [0, 0.05) is 23.9 Å². The lowest BCUT2D eigenvalue weighted by molar-refractivity contribution is 0.341. The average molecular weight is 261 g/mol. The third kappa shape index (κ3) is 4.59. The van der Waals surface area contributed by atoms with Crippen molar-refractivity contribution in [3.8, 4) is 0 Å². The molecule has 2 rings (SSSR count). The molecule has 3 nitrogen and oxygen atoms in total. The molecule has 0 bridgehead atoms. The van der Waals surface area contributed by atoms with Crippen LogP contribution in [-0.2, 0) is 5.41 Å². The smallest absolute Gasteiger partial charge is 0.0472 e. The number of pyridine rings is 1. The Hall–Kier alpha value is -0.930. The van der Waals surface area contributed by atoms with Crippen molar-refractivity contribution in [3.05, 3.63) is 30.1 Å². The average Bonchev–Trinajstić information content (AvgIpc) is 2.46. The zero-order chi connectivity index (χ0) is 13.6. The third-order valence-electron chi connectivity index (χ3n) is 4.11. The molecule has 0 saturated carbocycles. The first-order valence-corrected chi connectivity index (χ1v) is 7.51. The molecular formula is C16H27N3. The van der Waals surface area contributed by atoms with Crippen molar-refractivity contribution < 1.29 is 0 Å². The molecule has 1 aromatic heterocycles. The van der Waals surface area contributed by atoms with E-state index < -0.39 is 0 Å². The molecule has 19 heavy (non-hydrogen) atoms. The monoisotopic (exact) mass is 261 g/mol. The Morgan fingerprint density at radius 2 is 2.11 bits per heavy atom. The Morgan fingerprint density at radius 1 is 1.32 bits per heavy atom. The first-order chi connectivity index (χ1) is 9.18. The van der Waals surface area contributed by atoms with E-state index in [-0.39, 0.29) is 5.41 Å². The van der Waals surface area contributed by atoms with Gasteiger partial charge >= 0.3 is 0 Å². The van der Waals surface area contributed by atoms with E-state index in [1.807, 2.05) is 12.3 Å². The van der Waals surface area contributed by atoms with Crippen molar-refractivity contribution in [1.82, 2.24) is 15.6 Å². The van der Waals surface area contributed by atoms with Crippen LogP contribution in [0.5, 0.6) is 0 Å². The molecule has 2 N–H and O–H groups in total. The molecule has 3 heteroatoms. The number of aromatic nitrogens is 1. The molecule has 1 saturated heterocycles. The molecule has 1 aliphatic heterocycles. The third-order valence-corrected chi connectivity index (χ3v) is 4.11. The number of piperidine rings is 1. The number of rotatable bonds is 6. The van der Waals surface area contributed by atoms with Crippen LogP contribution in [0.1, 0.15) is 38.8 Å². The minimum Gasteiger partial charge on any atom is -0.317 e. The molecule has 1 fully saturated rings. The number of nitrogens with zero attached hydrogens (tertiary/aromatic N) is 1. The topological polar surface area (TPSA) is 37.0 Å². The second kappa shape index (κ2) is 7.01. The molecule has 1 aromatic rings. The van der Waals surface area contributed by atoms with Crippen molar-refractivity contribution in [2.75, 3.05) is 26.2 Å². The largest absolute Gasteiger partial charge is 0.317 e. The van der Waals surface area contributed by atoms with Gasteiger partial charge in [-0.05, 0) is 56.9 Å². The van der Waals surface area contributed by atoms with E-state index in [9.17, 15) is 0 Å². The van der Waals surface area contributed by atoms with Gasteiger partial charge in [-0.1, -0.05) is 19.9 Å². The van der Waals surface area contributed by atoms with Gasteiger partial charge in [-0.2, -0.15) is 0 Å². The maximum atomic E-state index is 4.47. The highest BCUT2D eigenvalue weighted by Gasteiger charge is 2.21. The Balaban J connectivity index is 1.69. The Morgan fingerprint density at radius 3 is 2.79 bits per heavy atom. The van der Waals surface area contributed by atoms with Gasteiger partial charge in [0.2, 0.25) is 0 Å². The van der Waals surface area contributed by atoms with E-state index in [4.69, 9.17) is 0 Å². The second-order valence-electron chi connectivity index (χ2n) is 6.26. The molecule has 0 spiro atoms. The summed E-state index contributed by atoms with van der Waals surface area (Å²) in [5.74, 6) is 0.909. The SMILES string of the molecule is CC(C)(CNCCC1CCNCC1)c1ccccn1. The summed E-state index contributed by atoms with van der Waals surface area (Å²) in [6, 6.07) is 6.16. The number of hydrogen-bond donors (Lipinski definition) is 2. The summed E-state index contributed by atoms with van der Waals surface area (Å²) in [4.78, 5) is 4.47. The molecule has 0 aromatic carbocycles. The molecule has 0 aliphatic carbocycles. The highest BCUT2D eigenvalue weighted by Crippen LogP contribution is 2.20. The number of nitrogens with one attached hydrogen (secondary N) is 2. The van der Waals surface area contributed by atoms with Crippen molar-refractivity contribution in [3.63, 3.8) is 0 Å². The quantitative estimate of drug-likeness (QED) is 0.772.